The number of nitrogens with one attached hydrogen (secondary N) is 1. The smallest absolute Gasteiger partial charge is 0.291 e. The largest absolute Gasteiger partial charge is 0.382 e. The highest BCUT2D eigenvalue weighted by Crippen LogP contribution is 2.10. The number of aryl methyl sites for hydroxylation is 1. The van der Waals surface area contributed by atoms with E-state index in [1.807, 2.05) is 32.0 Å². The molecular weight excluding hydrogens is 256 g/mol. The molecule has 2 aromatic rings. The highest BCUT2D eigenvalue weighted by Gasteiger charge is 2.10. The van der Waals surface area contributed by atoms with Crippen LogP contribution < -0.4 is 5.32 Å². The Bertz CT molecular complexity index is 601. The molecule has 6 nitrogen and oxygen atoms in total. The molecule has 0 unspecified atom stereocenters. The molecule has 0 saturated heterocycles. The van der Waals surface area contributed by atoms with Gasteiger partial charge in [0.2, 0.25) is 5.82 Å². The van der Waals surface area contributed by atoms with Gasteiger partial charge in [-0.15, -0.1) is 10.2 Å². The highest BCUT2D eigenvalue weighted by molar-refractivity contribution is 5.91. The van der Waals surface area contributed by atoms with Gasteiger partial charge in [0.05, 0.1) is 5.52 Å². The molecule has 6 heteroatoms. The number of benzene rings is 1. The quantitative estimate of drug-likeness (QED) is 0.807. The summed E-state index contributed by atoms with van der Waals surface area (Å²) < 4.78 is 5.20. The minimum Gasteiger partial charge on any atom is -0.382 e. The minimum absolute atomic E-state index is 0.0968. The molecule has 0 aliphatic heterocycles. The first-order chi connectivity index (χ1) is 9.70. The Morgan fingerprint density at radius 3 is 2.95 bits per heavy atom. The van der Waals surface area contributed by atoms with Crippen molar-refractivity contribution < 1.29 is 9.53 Å². The van der Waals surface area contributed by atoms with Gasteiger partial charge in [0.25, 0.3) is 5.91 Å². The van der Waals surface area contributed by atoms with Crippen LogP contribution in [0.4, 0.5) is 0 Å². The molecule has 1 amide bonds. The number of carbonyl (C=O) groups excluding carboxylic acids is 1. The second-order valence-electron chi connectivity index (χ2n) is 4.43. The average molecular weight is 274 g/mol. The molecular formula is C14H18N4O2. The summed E-state index contributed by atoms with van der Waals surface area (Å²) in [6.07, 6.45) is 0.764. The third-order valence-corrected chi connectivity index (χ3v) is 2.77. The monoisotopic (exact) mass is 274 g/mol. The minimum atomic E-state index is -0.308. The van der Waals surface area contributed by atoms with Gasteiger partial charge in [-0.1, -0.05) is 6.07 Å². The van der Waals surface area contributed by atoms with Gasteiger partial charge < -0.3 is 10.1 Å². The molecule has 1 N–H and O–H groups in total. The van der Waals surface area contributed by atoms with Crippen LogP contribution in [0.2, 0.25) is 0 Å². The molecule has 0 aliphatic carbocycles. The predicted molar refractivity (Wildman–Crippen MR) is 75.5 cm³/mol. The van der Waals surface area contributed by atoms with Gasteiger partial charge in [-0.3, -0.25) is 4.79 Å². The summed E-state index contributed by atoms with van der Waals surface area (Å²) in [5, 5.41) is 10.6. The summed E-state index contributed by atoms with van der Waals surface area (Å²) in [6.45, 7) is 5.76. The summed E-state index contributed by atoms with van der Waals surface area (Å²) in [5.74, 6) is -0.211. The number of hydrogen-bond acceptors (Lipinski definition) is 5. The van der Waals surface area contributed by atoms with Crippen LogP contribution in [0.25, 0.3) is 11.0 Å². The van der Waals surface area contributed by atoms with Gasteiger partial charge in [-0.2, -0.15) is 0 Å². The number of ether oxygens (including phenoxy) is 1. The highest BCUT2D eigenvalue weighted by atomic mass is 16.5. The Kier molecular flexibility index (Phi) is 4.95. The number of hydrogen-bond donors (Lipinski definition) is 1. The molecule has 0 saturated carbocycles. The summed E-state index contributed by atoms with van der Waals surface area (Å²) in [4.78, 5) is 16.1. The fourth-order valence-corrected chi connectivity index (χ4v) is 1.74. The lowest BCUT2D eigenvalue weighted by Crippen LogP contribution is -2.27. The number of rotatable bonds is 6. The first kappa shape index (κ1) is 14.3. The molecule has 106 valence electrons. The Hall–Kier alpha value is -2.08. The van der Waals surface area contributed by atoms with Crippen LogP contribution in [0.3, 0.4) is 0 Å². The molecule has 0 fully saturated rings. The van der Waals surface area contributed by atoms with Crippen molar-refractivity contribution in [3.05, 3.63) is 29.6 Å². The molecule has 0 aliphatic rings. The summed E-state index contributed by atoms with van der Waals surface area (Å²) in [5.41, 5.74) is 2.43. The zero-order chi connectivity index (χ0) is 14.4. The van der Waals surface area contributed by atoms with Crippen molar-refractivity contribution in [1.29, 1.82) is 0 Å². The number of carbonyl (C=O) groups is 1. The van der Waals surface area contributed by atoms with Crippen LogP contribution in [0, 0.1) is 6.92 Å². The second kappa shape index (κ2) is 6.91. The SMILES string of the molecule is CCOCCCNC(=O)c1nnc2ccc(C)cc2n1. The van der Waals surface area contributed by atoms with Crippen molar-refractivity contribution in [3.63, 3.8) is 0 Å². The zero-order valence-corrected chi connectivity index (χ0v) is 11.7. The van der Waals surface area contributed by atoms with Crippen LogP contribution in [-0.4, -0.2) is 40.8 Å². The van der Waals surface area contributed by atoms with Crippen LogP contribution in [-0.2, 0) is 4.74 Å². The van der Waals surface area contributed by atoms with E-state index in [-0.39, 0.29) is 11.7 Å². The van der Waals surface area contributed by atoms with E-state index in [4.69, 9.17) is 4.74 Å². The Labute approximate surface area is 117 Å². The van der Waals surface area contributed by atoms with E-state index in [1.165, 1.54) is 0 Å². The number of aromatic nitrogens is 3. The Morgan fingerprint density at radius 2 is 2.15 bits per heavy atom. The second-order valence-corrected chi connectivity index (χ2v) is 4.43. The predicted octanol–water partition coefficient (Wildman–Crippen LogP) is 1.49. The van der Waals surface area contributed by atoms with Crippen molar-refractivity contribution >= 4 is 16.9 Å². The molecule has 20 heavy (non-hydrogen) atoms. The normalized spacial score (nSPS) is 10.7. The Balaban J connectivity index is 1.99. The van der Waals surface area contributed by atoms with E-state index in [1.54, 1.807) is 0 Å². The van der Waals surface area contributed by atoms with Crippen molar-refractivity contribution in [2.75, 3.05) is 19.8 Å². The number of nitrogens with zero attached hydrogens (tertiary/aromatic N) is 3. The van der Waals surface area contributed by atoms with E-state index in [0.717, 1.165) is 12.0 Å². The summed E-state index contributed by atoms with van der Waals surface area (Å²) >= 11 is 0. The molecule has 1 heterocycles. The number of fused-ring (bicyclic) bond motifs is 1. The van der Waals surface area contributed by atoms with Gasteiger partial charge in [-0.25, -0.2) is 4.98 Å². The van der Waals surface area contributed by atoms with E-state index in [0.29, 0.717) is 30.8 Å². The van der Waals surface area contributed by atoms with Gasteiger partial charge in [0.15, 0.2) is 0 Å². The molecule has 2 rings (SSSR count). The van der Waals surface area contributed by atoms with E-state index in [9.17, 15) is 4.79 Å². The first-order valence-electron chi connectivity index (χ1n) is 6.67. The van der Waals surface area contributed by atoms with Gasteiger partial charge >= 0.3 is 0 Å². The molecule has 0 atom stereocenters. The standard InChI is InChI=1S/C14H18N4O2/c1-3-20-8-4-7-15-14(19)13-16-12-9-10(2)5-6-11(12)17-18-13/h5-6,9H,3-4,7-8H2,1-2H3,(H,15,19). The van der Waals surface area contributed by atoms with Gasteiger partial charge in [0, 0.05) is 19.8 Å². The van der Waals surface area contributed by atoms with Gasteiger partial charge in [0.1, 0.15) is 5.52 Å². The van der Waals surface area contributed by atoms with Crippen molar-refractivity contribution in [1.82, 2.24) is 20.5 Å². The molecule has 0 radical (unpaired) electrons. The van der Waals surface area contributed by atoms with Crippen molar-refractivity contribution in [2.45, 2.75) is 20.3 Å². The fraction of sp³-hybridized carbons (Fsp3) is 0.429. The maximum Gasteiger partial charge on any atom is 0.291 e. The fourth-order valence-electron chi connectivity index (χ4n) is 1.74. The molecule has 1 aromatic carbocycles. The Morgan fingerprint density at radius 1 is 1.30 bits per heavy atom. The lowest BCUT2D eigenvalue weighted by Gasteiger charge is -2.04. The van der Waals surface area contributed by atoms with E-state index in [2.05, 4.69) is 20.5 Å². The lowest BCUT2D eigenvalue weighted by molar-refractivity contribution is 0.0933. The van der Waals surface area contributed by atoms with Gasteiger partial charge in [-0.05, 0) is 38.0 Å². The topological polar surface area (TPSA) is 77.0 Å². The maximum absolute atomic E-state index is 11.9. The first-order valence-corrected chi connectivity index (χ1v) is 6.67. The third-order valence-electron chi connectivity index (χ3n) is 2.77. The third kappa shape index (κ3) is 3.71. The summed E-state index contributed by atoms with van der Waals surface area (Å²) in [6, 6.07) is 5.66. The average Bonchev–Trinajstić information content (AvgIpc) is 2.46. The van der Waals surface area contributed by atoms with E-state index < -0.39 is 0 Å². The van der Waals surface area contributed by atoms with Crippen LogP contribution in [0.1, 0.15) is 29.5 Å². The van der Waals surface area contributed by atoms with Crippen LogP contribution in [0.5, 0.6) is 0 Å². The molecule has 0 bridgehead atoms. The summed E-state index contributed by atoms with van der Waals surface area (Å²) in [7, 11) is 0. The van der Waals surface area contributed by atoms with Crippen molar-refractivity contribution in [2.24, 2.45) is 0 Å². The maximum atomic E-state index is 11.9. The van der Waals surface area contributed by atoms with E-state index >= 15 is 0 Å². The molecule has 0 spiro atoms. The zero-order valence-electron chi connectivity index (χ0n) is 11.7. The van der Waals surface area contributed by atoms with Crippen LogP contribution >= 0.6 is 0 Å². The van der Waals surface area contributed by atoms with Crippen LogP contribution in [0.15, 0.2) is 18.2 Å². The molecule has 1 aromatic heterocycles. The number of amides is 1. The van der Waals surface area contributed by atoms with Crippen molar-refractivity contribution in [3.8, 4) is 0 Å². The lowest BCUT2D eigenvalue weighted by atomic mass is 10.2.